The highest BCUT2D eigenvalue weighted by Gasteiger charge is 2.32. The van der Waals surface area contributed by atoms with E-state index < -0.39 is 10.2 Å². The van der Waals surface area contributed by atoms with Gasteiger partial charge in [0, 0.05) is 44.8 Å². The molecule has 1 aliphatic rings. The van der Waals surface area contributed by atoms with Crippen molar-refractivity contribution in [3.05, 3.63) is 29.8 Å². The third-order valence-electron chi connectivity index (χ3n) is 4.95. The van der Waals surface area contributed by atoms with Crippen molar-refractivity contribution in [1.82, 2.24) is 13.5 Å². The van der Waals surface area contributed by atoms with Crippen molar-refractivity contribution in [3.8, 4) is 5.75 Å². The number of amides is 1. The molecule has 28 heavy (non-hydrogen) atoms. The fourth-order valence-corrected chi connectivity index (χ4v) is 4.73. The molecule has 0 saturated carbocycles. The van der Waals surface area contributed by atoms with Gasteiger partial charge in [0.25, 0.3) is 16.1 Å². The van der Waals surface area contributed by atoms with Gasteiger partial charge >= 0.3 is 0 Å². The van der Waals surface area contributed by atoms with E-state index in [1.165, 1.54) is 8.61 Å². The Morgan fingerprint density at radius 3 is 2.14 bits per heavy atom. The first-order chi connectivity index (χ1) is 13.3. The van der Waals surface area contributed by atoms with Crippen molar-refractivity contribution in [3.63, 3.8) is 0 Å². The SMILES string of the molecule is CCN(CC)S(=O)(=O)N1CCN(C(=O)c2ccc(OCCC(C)C)cc2)CC1. The Balaban J connectivity index is 1.91. The highest BCUT2D eigenvalue weighted by Crippen LogP contribution is 2.17. The van der Waals surface area contributed by atoms with Crippen molar-refractivity contribution in [2.45, 2.75) is 34.1 Å². The normalized spacial score (nSPS) is 16.0. The van der Waals surface area contributed by atoms with Crippen molar-refractivity contribution in [1.29, 1.82) is 0 Å². The van der Waals surface area contributed by atoms with Gasteiger partial charge in [-0.1, -0.05) is 27.7 Å². The van der Waals surface area contributed by atoms with Crippen LogP contribution >= 0.6 is 0 Å². The van der Waals surface area contributed by atoms with Crippen LogP contribution in [0, 0.1) is 5.92 Å². The van der Waals surface area contributed by atoms with Crippen LogP contribution < -0.4 is 4.74 Å². The summed E-state index contributed by atoms with van der Waals surface area (Å²) in [6, 6.07) is 7.17. The number of hydrogen-bond donors (Lipinski definition) is 0. The number of piperazine rings is 1. The first-order valence-electron chi connectivity index (χ1n) is 10.1. The molecule has 0 aliphatic carbocycles. The van der Waals surface area contributed by atoms with E-state index in [2.05, 4.69) is 13.8 Å². The molecule has 1 fully saturated rings. The summed E-state index contributed by atoms with van der Waals surface area (Å²) in [5.74, 6) is 1.27. The minimum absolute atomic E-state index is 0.0754. The third kappa shape index (κ3) is 5.68. The smallest absolute Gasteiger partial charge is 0.282 e. The highest BCUT2D eigenvalue weighted by molar-refractivity contribution is 7.86. The van der Waals surface area contributed by atoms with Gasteiger partial charge in [0.15, 0.2) is 0 Å². The van der Waals surface area contributed by atoms with Crippen LogP contribution in [0.5, 0.6) is 5.75 Å². The van der Waals surface area contributed by atoms with E-state index in [1.807, 2.05) is 26.0 Å². The van der Waals surface area contributed by atoms with Gasteiger partial charge in [0.05, 0.1) is 6.61 Å². The summed E-state index contributed by atoms with van der Waals surface area (Å²) in [6.07, 6.45) is 0.987. The lowest BCUT2D eigenvalue weighted by molar-refractivity contribution is 0.0694. The van der Waals surface area contributed by atoms with Gasteiger partial charge in [-0.25, -0.2) is 0 Å². The molecule has 1 amide bonds. The van der Waals surface area contributed by atoms with Crippen LogP contribution in [0.3, 0.4) is 0 Å². The van der Waals surface area contributed by atoms with Crippen LogP contribution in [0.15, 0.2) is 24.3 Å². The fourth-order valence-electron chi connectivity index (χ4n) is 3.12. The van der Waals surface area contributed by atoms with E-state index in [0.29, 0.717) is 57.4 Å². The van der Waals surface area contributed by atoms with Gasteiger partial charge in [-0.2, -0.15) is 17.0 Å². The molecule has 0 unspecified atom stereocenters. The summed E-state index contributed by atoms with van der Waals surface area (Å²) < 4.78 is 33.8. The monoisotopic (exact) mass is 411 g/mol. The van der Waals surface area contributed by atoms with Crippen LogP contribution in [0.1, 0.15) is 44.5 Å². The number of benzene rings is 1. The van der Waals surface area contributed by atoms with Crippen molar-refractivity contribution < 1.29 is 17.9 Å². The summed E-state index contributed by atoms with van der Waals surface area (Å²) in [7, 11) is -3.45. The first kappa shape index (κ1) is 22.6. The van der Waals surface area contributed by atoms with Crippen molar-refractivity contribution in [2.24, 2.45) is 5.92 Å². The molecule has 0 radical (unpaired) electrons. The second kappa shape index (κ2) is 10.2. The van der Waals surface area contributed by atoms with Crippen LogP contribution in [0.2, 0.25) is 0 Å². The maximum absolute atomic E-state index is 12.7. The molecule has 0 aromatic heterocycles. The number of rotatable bonds is 9. The minimum Gasteiger partial charge on any atom is -0.494 e. The highest BCUT2D eigenvalue weighted by atomic mass is 32.2. The maximum atomic E-state index is 12.7. The van der Waals surface area contributed by atoms with E-state index >= 15 is 0 Å². The summed E-state index contributed by atoms with van der Waals surface area (Å²) >= 11 is 0. The predicted octanol–water partition coefficient (Wildman–Crippen LogP) is 2.46. The molecule has 158 valence electrons. The lowest BCUT2D eigenvalue weighted by Crippen LogP contribution is -2.54. The Morgan fingerprint density at radius 1 is 1.07 bits per heavy atom. The molecule has 1 aromatic carbocycles. The fraction of sp³-hybridized carbons (Fsp3) is 0.650. The number of ether oxygens (including phenoxy) is 1. The molecule has 0 bridgehead atoms. The van der Waals surface area contributed by atoms with E-state index in [0.717, 1.165) is 12.2 Å². The van der Waals surface area contributed by atoms with Crippen LogP contribution in [-0.4, -0.2) is 73.7 Å². The number of carbonyl (C=O) groups is 1. The molecule has 1 aliphatic heterocycles. The molecular formula is C20H33N3O4S. The zero-order chi connectivity index (χ0) is 20.7. The standard InChI is InChI=1S/C20H33N3O4S/c1-5-22(6-2)28(25,26)23-14-12-21(13-15-23)20(24)18-7-9-19(10-8-18)27-16-11-17(3)4/h7-10,17H,5-6,11-16H2,1-4H3. The van der Waals surface area contributed by atoms with Crippen molar-refractivity contribution in [2.75, 3.05) is 45.9 Å². The Labute approximate surface area is 169 Å². The van der Waals surface area contributed by atoms with E-state index in [4.69, 9.17) is 4.74 Å². The van der Waals surface area contributed by atoms with Gasteiger partial charge in [0.1, 0.15) is 5.75 Å². The summed E-state index contributed by atoms with van der Waals surface area (Å²) in [5.41, 5.74) is 0.594. The number of nitrogens with zero attached hydrogens (tertiary/aromatic N) is 3. The van der Waals surface area contributed by atoms with Gasteiger partial charge in [-0.15, -0.1) is 0 Å². The van der Waals surface area contributed by atoms with Gasteiger partial charge in [-0.3, -0.25) is 4.79 Å². The Morgan fingerprint density at radius 2 is 1.64 bits per heavy atom. The Bertz CT molecular complexity index is 722. The number of hydrogen-bond acceptors (Lipinski definition) is 4. The second-order valence-electron chi connectivity index (χ2n) is 7.34. The van der Waals surface area contributed by atoms with Crippen molar-refractivity contribution >= 4 is 16.1 Å². The quantitative estimate of drug-likeness (QED) is 0.626. The average Bonchev–Trinajstić information content (AvgIpc) is 2.68. The minimum atomic E-state index is -3.45. The molecule has 1 heterocycles. The lowest BCUT2D eigenvalue weighted by Gasteiger charge is -2.36. The topological polar surface area (TPSA) is 70.2 Å². The van der Waals surface area contributed by atoms with Crippen LogP contribution in [0.25, 0.3) is 0 Å². The molecule has 8 heteroatoms. The van der Waals surface area contributed by atoms with Gasteiger partial charge in [0.2, 0.25) is 0 Å². The molecule has 2 rings (SSSR count). The van der Waals surface area contributed by atoms with E-state index in [9.17, 15) is 13.2 Å². The molecule has 0 N–H and O–H groups in total. The third-order valence-corrected chi connectivity index (χ3v) is 7.14. The lowest BCUT2D eigenvalue weighted by atomic mass is 10.1. The molecule has 1 saturated heterocycles. The summed E-state index contributed by atoms with van der Waals surface area (Å²) in [4.78, 5) is 14.4. The predicted molar refractivity (Wildman–Crippen MR) is 111 cm³/mol. The maximum Gasteiger partial charge on any atom is 0.282 e. The molecule has 0 spiro atoms. The molecule has 0 atom stereocenters. The number of carbonyl (C=O) groups excluding carboxylic acids is 1. The summed E-state index contributed by atoms with van der Waals surface area (Å²) in [5, 5.41) is 0. The largest absolute Gasteiger partial charge is 0.494 e. The van der Waals surface area contributed by atoms with E-state index in [-0.39, 0.29) is 5.91 Å². The Kier molecular flexibility index (Phi) is 8.27. The second-order valence-corrected chi connectivity index (χ2v) is 9.27. The molecule has 7 nitrogen and oxygen atoms in total. The zero-order valence-corrected chi connectivity index (χ0v) is 18.2. The zero-order valence-electron chi connectivity index (χ0n) is 17.4. The van der Waals surface area contributed by atoms with Gasteiger partial charge < -0.3 is 9.64 Å². The van der Waals surface area contributed by atoms with Gasteiger partial charge in [-0.05, 0) is 36.6 Å². The first-order valence-corrected chi connectivity index (χ1v) is 11.5. The molecule has 1 aromatic rings. The van der Waals surface area contributed by atoms with E-state index in [1.54, 1.807) is 17.0 Å². The average molecular weight is 412 g/mol. The molecular weight excluding hydrogens is 378 g/mol. The summed E-state index contributed by atoms with van der Waals surface area (Å²) in [6.45, 7) is 10.9. The van der Waals surface area contributed by atoms with Crippen LogP contribution in [0.4, 0.5) is 0 Å². The Hall–Kier alpha value is -1.64. The van der Waals surface area contributed by atoms with Crippen LogP contribution in [-0.2, 0) is 10.2 Å².